The highest BCUT2D eigenvalue weighted by molar-refractivity contribution is 5.26. The predicted octanol–water partition coefficient (Wildman–Crippen LogP) is 3.52. The van der Waals surface area contributed by atoms with E-state index in [1.165, 1.54) is 37.7 Å². The molecular weight excluding hydrogens is 222 g/mol. The van der Waals surface area contributed by atoms with Gasteiger partial charge < -0.3 is 0 Å². The number of hydrogen-bond donors (Lipinski definition) is 1. The zero-order valence-corrected chi connectivity index (χ0v) is 10.5. The molecule has 3 rings (SSSR count). The number of rotatable bonds is 3. The van der Waals surface area contributed by atoms with E-state index in [1.807, 2.05) is 0 Å². The summed E-state index contributed by atoms with van der Waals surface area (Å²) >= 11 is 0. The normalized spacial score (nSPS) is 18.7. The number of nitrogens with one attached hydrogen (secondary N) is 1. The van der Waals surface area contributed by atoms with E-state index in [0.717, 1.165) is 5.82 Å². The van der Waals surface area contributed by atoms with E-state index in [0.29, 0.717) is 11.8 Å². The lowest BCUT2D eigenvalue weighted by atomic mass is 9.76. The standard InChI is InChI=1S/C15H19N3/c1-3-7-12(8-4-1)14(15-16-11-17-18-15)13-9-5-2-6-10-13/h1,3-4,7-8,11,13-14H,2,5-6,9-10H2,(H,16,17,18). The summed E-state index contributed by atoms with van der Waals surface area (Å²) in [6.45, 7) is 0. The van der Waals surface area contributed by atoms with Crippen LogP contribution in [-0.2, 0) is 0 Å². The summed E-state index contributed by atoms with van der Waals surface area (Å²) in [7, 11) is 0. The van der Waals surface area contributed by atoms with Gasteiger partial charge in [-0.25, -0.2) is 4.98 Å². The van der Waals surface area contributed by atoms with Crippen LogP contribution in [0.4, 0.5) is 0 Å². The summed E-state index contributed by atoms with van der Waals surface area (Å²) in [4.78, 5) is 4.40. The van der Waals surface area contributed by atoms with E-state index in [1.54, 1.807) is 6.33 Å². The number of aromatic nitrogens is 3. The summed E-state index contributed by atoms with van der Waals surface area (Å²) in [5.74, 6) is 2.11. The van der Waals surface area contributed by atoms with Crippen molar-refractivity contribution >= 4 is 0 Å². The van der Waals surface area contributed by atoms with Crippen molar-refractivity contribution in [2.24, 2.45) is 5.92 Å². The van der Waals surface area contributed by atoms with Gasteiger partial charge in [-0.3, -0.25) is 5.10 Å². The van der Waals surface area contributed by atoms with Crippen molar-refractivity contribution in [2.75, 3.05) is 0 Å². The quantitative estimate of drug-likeness (QED) is 0.893. The molecule has 94 valence electrons. The molecule has 3 heteroatoms. The molecule has 0 aliphatic heterocycles. The highest BCUT2D eigenvalue weighted by Crippen LogP contribution is 2.38. The molecule has 0 spiro atoms. The van der Waals surface area contributed by atoms with Gasteiger partial charge in [-0.15, -0.1) is 0 Å². The van der Waals surface area contributed by atoms with E-state index in [9.17, 15) is 0 Å². The van der Waals surface area contributed by atoms with Crippen molar-refractivity contribution in [3.8, 4) is 0 Å². The van der Waals surface area contributed by atoms with Crippen LogP contribution in [0.25, 0.3) is 0 Å². The first-order chi connectivity index (χ1) is 8.95. The third-order valence-corrected chi connectivity index (χ3v) is 4.01. The van der Waals surface area contributed by atoms with Gasteiger partial charge in [0.15, 0.2) is 0 Å². The fourth-order valence-corrected chi connectivity index (χ4v) is 3.15. The van der Waals surface area contributed by atoms with Crippen LogP contribution < -0.4 is 0 Å². The second-order valence-electron chi connectivity index (χ2n) is 5.16. The summed E-state index contributed by atoms with van der Waals surface area (Å²) in [6, 6.07) is 10.7. The average Bonchev–Trinajstić information content (AvgIpc) is 2.95. The molecule has 1 N–H and O–H groups in total. The van der Waals surface area contributed by atoms with Crippen molar-refractivity contribution in [3.05, 3.63) is 48.0 Å². The number of H-pyrrole nitrogens is 1. The fourth-order valence-electron chi connectivity index (χ4n) is 3.15. The monoisotopic (exact) mass is 241 g/mol. The molecule has 1 aliphatic carbocycles. The van der Waals surface area contributed by atoms with Crippen molar-refractivity contribution in [1.82, 2.24) is 15.2 Å². The molecule has 0 bridgehead atoms. The van der Waals surface area contributed by atoms with Crippen LogP contribution in [-0.4, -0.2) is 15.2 Å². The van der Waals surface area contributed by atoms with Crippen molar-refractivity contribution in [2.45, 2.75) is 38.0 Å². The van der Waals surface area contributed by atoms with E-state index >= 15 is 0 Å². The molecule has 1 heterocycles. The minimum absolute atomic E-state index is 0.383. The van der Waals surface area contributed by atoms with Crippen LogP contribution in [0.15, 0.2) is 36.7 Å². The molecule has 1 aromatic heterocycles. The molecule has 1 unspecified atom stereocenters. The Kier molecular flexibility index (Phi) is 3.40. The minimum Gasteiger partial charge on any atom is -0.263 e. The Morgan fingerprint density at radius 2 is 1.83 bits per heavy atom. The topological polar surface area (TPSA) is 41.6 Å². The highest BCUT2D eigenvalue weighted by atomic mass is 15.2. The maximum Gasteiger partial charge on any atom is 0.137 e. The zero-order valence-electron chi connectivity index (χ0n) is 10.5. The number of hydrogen-bond acceptors (Lipinski definition) is 2. The van der Waals surface area contributed by atoms with Gasteiger partial charge in [0.25, 0.3) is 0 Å². The Hall–Kier alpha value is -1.64. The van der Waals surface area contributed by atoms with E-state index < -0.39 is 0 Å². The molecular formula is C15H19N3. The summed E-state index contributed by atoms with van der Waals surface area (Å²) in [5, 5.41) is 7.10. The lowest BCUT2D eigenvalue weighted by molar-refractivity contribution is 0.321. The first-order valence-corrected chi connectivity index (χ1v) is 6.85. The van der Waals surface area contributed by atoms with Crippen LogP contribution in [0.3, 0.4) is 0 Å². The van der Waals surface area contributed by atoms with Crippen LogP contribution in [0, 0.1) is 5.92 Å². The highest BCUT2D eigenvalue weighted by Gasteiger charge is 2.28. The number of nitrogens with zero attached hydrogens (tertiary/aromatic N) is 2. The van der Waals surface area contributed by atoms with Gasteiger partial charge in [0.05, 0.1) is 0 Å². The van der Waals surface area contributed by atoms with Crippen LogP contribution >= 0.6 is 0 Å². The minimum atomic E-state index is 0.383. The maximum absolute atomic E-state index is 4.40. The molecule has 2 aromatic rings. The lowest BCUT2D eigenvalue weighted by Gasteiger charge is -2.29. The molecule has 0 amide bonds. The van der Waals surface area contributed by atoms with Gasteiger partial charge in [0.1, 0.15) is 12.2 Å². The summed E-state index contributed by atoms with van der Waals surface area (Å²) < 4.78 is 0. The van der Waals surface area contributed by atoms with Gasteiger partial charge in [-0.1, -0.05) is 49.6 Å². The molecule has 1 aliphatic rings. The van der Waals surface area contributed by atoms with Crippen LogP contribution in [0.5, 0.6) is 0 Å². The molecule has 1 atom stereocenters. The van der Waals surface area contributed by atoms with Gasteiger partial charge in [0.2, 0.25) is 0 Å². The van der Waals surface area contributed by atoms with E-state index in [4.69, 9.17) is 0 Å². The molecule has 3 nitrogen and oxygen atoms in total. The molecule has 1 saturated carbocycles. The Labute approximate surface area is 108 Å². The lowest BCUT2D eigenvalue weighted by Crippen LogP contribution is -2.18. The van der Waals surface area contributed by atoms with E-state index in [2.05, 4.69) is 45.5 Å². The largest absolute Gasteiger partial charge is 0.263 e. The summed E-state index contributed by atoms with van der Waals surface area (Å²) in [5.41, 5.74) is 1.36. The van der Waals surface area contributed by atoms with Crippen molar-refractivity contribution in [1.29, 1.82) is 0 Å². The Morgan fingerprint density at radius 3 is 2.50 bits per heavy atom. The predicted molar refractivity (Wildman–Crippen MR) is 71.2 cm³/mol. The maximum atomic E-state index is 4.40. The van der Waals surface area contributed by atoms with Crippen LogP contribution in [0.1, 0.15) is 49.4 Å². The number of aromatic amines is 1. The SMILES string of the molecule is c1ccc(C(c2ncn[nH]2)C2CCCCC2)cc1. The van der Waals surface area contributed by atoms with Gasteiger partial charge in [-0.2, -0.15) is 5.10 Å². The van der Waals surface area contributed by atoms with Gasteiger partial charge >= 0.3 is 0 Å². The molecule has 18 heavy (non-hydrogen) atoms. The van der Waals surface area contributed by atoms with E-state index in [-0.39, 0.29) is 0 Å². The second kappa shape index (κ2) is 5.34. The van der Waals surface area contributed by atoms with Crippen LogP contribution in [0.2, 0.25) is 0 Å². The molecule has 1 aromatic carbocycles. The average molecular weight is 241 g/mol. The second-order valence-corrected chi connectivity index (χ2v) is 5.16. The Bertz CT molecular complexity index is 458. The molecule has 0 radical (unpaired) electrons. The Morgan fingerprint density at radius 1 is 1.06 bits per heavy atom. The smallest absolute Gasteiger partial charge is 0.137 e. The van der Waals surface area contributed by atoms with Crippen molar-refractivity contribution in [3.63, 3.8) is 0 Å². The third-order valence-electron chi connectivity index (χ3n) is 4.01. The Balaban J connectivity index is 1.93. The van der Waals surface area contributed by atoms with Gasteiger partial charge in [-0.05, 0) is 24.3 Å². The zero-order chi connectivity index (χ0) is 12.2. The fraction of sp³-hybridized carbons (Fsp3) is 0.467. The summed E-state index contributed by atoms with van der Waals surface area (Å²) in [6.07, 6.45) is 8.31. The number of benzene rings is 1. The first-order valence-electron chi connectivity index (χ1n) is 6.85. The van der Waals surface area contributed by atoms with Gasteiger partial charge in [0, 0.05) is 5.92 Å². The third kappa shape index (κ3) is 2.30. The molecule has 1 fully saturated rings. The van der Waals surface area contributed by atoms with Crippen molar-refractivity contribution < 1.29 is 0 Å². The first kappa shape index (κ1) is 11.5. The molecule has 0 saturated heterocycles.